The van der Waals surface area contributed by atoms with Gasteiger partial charge in [-0.25, -0.2) is 0 Å². The van der Waals surface area contributed by atoms with E-state index in [1.807, 2.05) is 19.9 Å². The van der Waals surface area contributed by atoms with E-state index in [9.17, 15) is 9.59 Å². The van der Waals surface area contributed by atoms with E-state index < -0.39 is 0 Å². The van der Waals surface area contributed by atoms with Gasteiger partial charge in [0.15, 0.2) is 0 Å². The van der Waals surface area contributed by atoms with Crippen LogP contribution in [0.4, 0.5) is 0 Å². The first-order chi connectivity index (χ1) is 7.09. The summed E-state index contributed by atoms with van der Waals surface area (Å²) < 4.78 is 0. The summed E-state index contributed by atoms with van der Waals surface area (Å²) >= 11 is 0. The van der Waals surface area contributed by atoms with Crippen molar-refractivity contribution in [3.63, 3.8) is 0 Å². The highest BCUT2D eigenvalue weighted by molar-refractivity contribution is 5.98. The van der Waals surface area contributed by atoms with Crippen LogP contribution in [0.3, 0.4) is 0 Å². The molecule has 0 aromatic carbocycles. The van der Waals surface area contributed by atoms with E-state index in [0.29, 0.717) is 18.8 Å². The van der Waals surface area contributed by atoms with Crippen molar-refractivity contribution in [2.75, 3.05) is 0 Å². The summed E-state index contributed by atoms with van der Waals surface area (Å²) in [7, 11) is 0. The number of carbonyl (C=O) groups excluding carboxylic acids is 2. The fraction of sp³-hybridized carbons (Fsp3) is 0.636. The molecule has 2 unspecified atom stereocenters. The van der Waals surface area contributed by atoms with Crippen LogP contribution in [-0.4, -0.2) is 28.8 Å². The molecular formula is C11H16N2O2. The van der Waals surface area contributed by atoms with Gasteiger partial charge in [0.2, 0.25) is 11.8 Å². The lowest BCUT2D eigenvalue weighted by Crippen LogP contribution is -2.60. The number of nitrogens with zero attached hydrogens (tertiary/aromatic N) is 1. The van der Waals surface area contributed by atoms with Crippen LogP contribution in [0.5, 0.6) is 0 Å². The van der Waals surface area contributed by atoms with Gasteiger partial charge < -0.3 is 10.2 Å². The maximum absolute atomic E-state index is 11.9. The molecular weight excluding hydrogens is 192 g/mol. The maximum atomic E-state index is 11.9. The third-order valence-electron chi connectivity index (χ3n) is 2.84. The Morgan fingerprint density at radius 1 is 1.53 bits per heavy atom. The van der Waals surface area contributed by atoms with Crippen LogP contribution in [0, 0.1) is 5.92 Å². The standard InChI is InChI=1S/C11H16N2O2/c1-7(2)6-8-11(15)13-5-3-4-9(13)10(14)12-8/h3,5,7-9H,4,6H2,1-2H3,(H,12,14). The number of amides is 2. The molecule has 2 heterocycles. The van der Waals surface area contributed by atoms with Crippen LogP contribution >= 0.6 is 0 Å². The molecule has 2 aliphatic rings. The molecule has 0 radical (unpaired) electrons. The monoisotopic (exact) mass is 208 g/mol. The van der Waals surface area contributed by atoms with Gasteiger partial charge in [0.25, 0.3) is 0 Å². The van der Waals surface area contributed by atoms with Gasteiger partial charge in [0.05, 0.1) is 0 Å². The number of fused-ring (bicyclic) bond motifs is 1. The number of carbonyl (C=O) groups is 2. The minimum Gasteiger partial charge on any atom is -0.342 e. The van der Waals surface area contributed by atoms with E-state index in [1.54, 1.807) is 11.1 Å². The molecule has 0 aromatic heterocycles. The first kappa shape index (κ1) is 10.2. The Morgan fingerprint density at radius 2 is 2.27 bits per heavy atom. The number of piperazine rings is 1. The Bertz CT molecular complexity index is 323. The molecule has 0 spiro atoms. The van der Waals surface area contributed by atoms with Gasteiger partial charge in [-0.05, 0) is 18.8 Å². The Balaban J connectivity index is 2.13. The average molecular weight is 208 g/mol. The first-order valence-electron chi connectivity index (χ1n) is 5.39. The van der Waals surface area contributed by atoms with Crippen molar-refractivity contribution < 1.29 is 9.59 Å². The molecule has 82 valence electrons. The summed E-state index contributed by atoms with van der Waals surface area (Å²) in [6.07, 6.45) is 4.96. The molecule has 2 rings (SSSR count). The van der Waals surface area contributed by atoms with E-state index >= 15 is 0 Å². The summed E-state index contributed by atoms with van der Waals surface area (Å²) in [5.41, 5.74) is 0. The highest BCUT2D eigenvalue weighted by atomic mass is 16.2. The Kier molecular flexibility index (Phi) is 2.50. The second-order valence-electron chi connectivity index (χ2n) is 4.57. The molecule has 0 aliphatic carbocycles. The molecule has 1 N–H and O–H groups in total. The predicted octanol–water partition coefficient (Wildman–Crippen LogP) is 0.645. The predicted molar refractivity (Wildman–Crippen MR) is 55.8 cm³/mol. The lowest BCUT2D eigenvalue weighted by Gasteiger charge is -2.34. The second-order valence-corrected chi connectivity index (χ2v) is 4.57. The van der Waals surface area contributed by atoms with E-state index in [4.69, 9.17) is 0 Å². The first-order valence-corrected chi connectivity index (χ1v) is 5.39. The SMILES string of the molecule is CC(C)CC1NC(=O)C2CC=CN2C1=O. The number of nitrogens with one attached hydrogen (secondary N) is 1. The van der Waals surface area contributed by atoms with Gasteiger partial charge in [0.1, 0.15) is 12.1 Å². The fourth-order valence-corrected chi connectivity index (χ4v) is 2.12. The molecule has 15 heavy (non-hydrogen) atoms. The zero-order valence-electron chi connectivity index (χ0n) is 9.06. The quantitative estimate of drug-likeness (QED) is 0.724. The van der Waals surface area contributed by atoms with E-state index in [0.717, 1.165) is 0 Å². The minimum atomic E-state index is -0.337. The molecule has 1 fully saturated rings. The van der Waals surface area contributed by atoms with Crippen molar-refractivity contribution >= 4 is 11.8 Å². The van der Waals surface area contributed by atoms with Crippen LogP contribution in [0.15, 0.2) is 12.3 Å². The average Bonchev–Trinajstić information content (AvgIpc) is 2.61. The van der Waals surface area contributed by atoms with Crippen LogP contribution in [0.1, 0.15) is 26.7 Å². The molecule has 1 saturated heterocycles. The molecule has 0 aromatic rings. The van der Waals surface area contributed by atoms with Crippen molar-refractivity contribution in [3.8, 4) is 0 Å². The maximum Gasteiger partial charge on any atom is 0.249 e. The van der Waals surface area contributed by atoms with Gasteiger partial charge in [-0.15, -0.1) is 0 Å². The minimum absolute atomic E-state index is 0.0229. The lowest BCUT2D eigenvalue weighted by molar-refractivity contribution is -0.145. The fourth-order valence-electron chi connectivity index (χ4n) is 2.12. The third kappa shape index (κ3) is 1.76. The zero-order chi connectivity index (χ0) is 11.0. The zero-order valence-corrected chi connectivity index (χ0v) is 9.06. The van der Waals surface area contributed by atoms with Crippen LogP contribution < -0.4 is 5.32 Å². The molecule has 4 nitrogen and oxygen atoms in total. The summed E-state index contributed by atoms with van der Waals surface area (Å²) in [6, 6.07) is -0.627. The van der Waals surface area contributed by atoms with Crippen molar-refractivity contribution in [2.24, 2.45) is 5.92 Å². The highest BCUT2D eigenvalue weighted by Gasteiger charge is 2.40. The van der Waals surface area contributed by atoms with E-state index in [1.165, 1.54) is 0 Å². The Labute approximate surface area is 89.3 Å². The summed E-state index contributed by atoms with van der Waals surface area (Å²) in [6.45, 7) is 4.09. The van der Waals surface area contributed by atoms with Crippen LogP contribution in [0.2, 0.25) is 0 Å². The van der Waals surface area contributed by atoms with Crippen molar-refractivity contribution in [1.29, 1.82) is 0 Å². The van der Waals surface area contributed by atoms with Crippen LogP contribution in [-0.2, 0) is 9.59 Å². The molecule has 0 saturated carbocycles. The third-order valence-corrected chi connectivity index (χ3v) is 2.84. The van der Waals surface area contributed by atoms with Crippen molar-refractivity contribution in [1.82, 2.24) is 10.2 Å². The van der Waals surface area contributed by atoms with E-state index in [-0.39, 0.29) is 23.9 Å². The van der Waals surface area contributed by atoms with E-state index in [2.05, 4.69) is 5.32 Å². The van der Waals surface area contributed by atoms with Gasteiger partial charge in [-0.3, -0.25) is 9.59 Å². The number of hydrogen-bond donors (Lipinski definition) is 1. The second kappa shape index (κ2) is 3.68. The lowest BCUT2D eigenvalue weighted by atomic mass is 9.99. The summed E-state index contributed by atoms with van der Waals surface area (Å²) in [5.74, 6) is 0.412. The van der Waals surface area contributed by atoms with Crippen molar-refractivity contribution in [2.45, 2.75) is 38.8 Å². The summed E-state index contributed by atoms with van der Waals surface area (Å²) in [5, 5.41) is 2.80. The Morgan fingerprint density at radius 3 is 2.93 bits per heavy atom. The largest absolute Gasteiger partial charge is 0.342 e. The van der Waals surface area contributed by atoms with Gasteiger partial charge in [0, 0.05) is 6.20 Å². The van der Waals surface area contributed by atoms with Gasteiger partial charge in [-0.1, -0.05) is 19.9 Å². The van der Waals surface area contributed by atoms with Crippen LogP contribution in [0.25, 0.3) is 0 Å². The normalized spacial score (nSPS) is 29.7. The summed E-state index contributed by atoms with van der Waals surface area (Å²) in [4.78, 5) is 25.2. The highest BCUT2D eigenvalue weighted by Crippen LogP contribution is 2.22. The van der Waals surface area contributed by atoms with Gasteiger partial charge >= 0.3 is 0 Å². The smallest absolute Gasteiger partial charge is 0.249 e. The topological polar surface area (TPSA) is 49.4 Å². The Hall–Kier alpha value is -1.32. The molecule has 4 heteroatoms. The molecule has 2 atom stereocenters. The van der Waals surface area contributed by atoms with Crippen molar-refractivity contribution in [3.05, 3.63) is 12.3 Å². The molecule has 2 aliphatic heterocycles. The number of hydrogen-bond acceptors (Lipinski definition) is 2. The molecule has 2 amide bonds. The van der Waals surface area contributed by atoms with Gasteiger partial charge in [-0.2, -0.15) is 0 Å². The number of rotatable bonds is 2. The molecule has 0 bridgehead atoms.